The van der Waals surface area contributed by atoms with Gasteiger partial charge in [0.15, 0.2) is 5.58 Å². The van der Waals surface area contributed by atoms with Crippen molar-refractivity contribution in [2.75, 3.05) is 0 Å². The molecule has 2 aromatic carbocycles. The van der Waals surface area contributed by atoms with Crippen LogP contribution in [0.5, 0.6) is 0 Å². The highest BCUT2D eigenvalue weighted by Gasteiger charge is 2.14. The maximum absolute atomic E-state index is 5.82. The molecule has 0 spiro atoms. The highest BCUT2D eigenvalue weighted by Crippen LogP contribution is 2.41. The first-order valence-electron chi connectivity index (χ1n) is 4.63. The maximum atomic E-state index is 5.82. The lowest BCUT2D eigenvalue weighted by atomic mass is 10.2. The second-order valence-corrected chi connectivity index (χ2v) is 5.90. The van der Waals surface area contributed by atoms with E-state index in [-0.39, 0.29) is 0 Å². The molecule has 16 heavy (non-hydrogen) atoms. The Morgan fingerprint density at radius 1 is 0.875 bits per heavy atom. The number of furan rings is 1. The summed E-state index contributed by atoms with van der Waals surface area (Å²) in [4.78, 5) is 0. The van der Waals surface area contributed by atoms with Crippen LogP contribution in [0.4, 0.5) is 0 Å². The molecule has 80 valence electrons. The van der Waals surface area contributed by atoms with E-state index < -0.39 is 0 Å². The summed E-state index contributed by atoms with van der Waals surface area (Å²) in [7, 11) is 0. The molecular formula is C12H5Br3O. The fourth-order valence-corrected chi connectivity index (χ4v) is 3.26. The van der Waals surface area contributed by atoms with Crippen molar-refractivity contribution < 1.29 is 4.42 Å². The summed E-state index contributed by atoms with van der Waals surface area (Å²) in [5.41, 5.74) is 1.78. The van der Waals surface area contributed by atoms with E-state index in [1.165, 1.54) is 0 Å². The summed E-state index contributed by atoms with van der Waals surface area (Å²) >= 11 is 10.6. The average molecular weight is 405 g/mol. The molecule has 0 unspecified atom stereocenters. The molecule has 3 aromatic rings. The fraction of sp³-hybridized carbons (Fsp3) is 0. The lowest BCUT2D eigenvalue weighted by molar-refractivity contribution is 0.666. The number of halogens is 3. The van der Waals surface area contributed by atoms with Gasteiger partial charge >= 0.3 is 0 Å². The standard InChI is InChI=1S/C12H5Br3O/c13-8-5-7-6-3-1-2-4-9(6)16-12(7)11(15)10(8)14/h1-5H. The van der Waals surface area contributed by atoms with Crippen LogP contribution in [-0.2, 0) is 0 Å². The highest BCUT2D eigenvalue weighted by molar-refractivity contribution is 9.14. The van der Waals surface area contributed by atoms with E-state index in [1.54, 1.807) is 0 Å². The predicted octanol–water partition coefficient (Wildman–Crippen LogP) is 5.87. The summed E-state index contributed by atoms with van der Waals surface area (Å²) in [6.45, 7) is 0. The normalized spacial score (nSPS) is 11.4. The second-order valence-electron chi connectivity index (χ2n) is 3.46. The van der Waals surface area contributed by atoms with E-state index in [0.717, 1.165) is 35.4 Å². The van der Waals surface area contributed by atoms with Gasteiger partial charge in [-0.1, -0.05) is 18.2 Å². The van der Waals surface area contributed by atoms with E-state index in [1.807, 2.05) is 18.2 Å². The number of benzene rings is 2. The Hall–Kier alpha value is -0.320. The third-order valence-corrected chi connectivity index (χ3v) is 5.78. The smallest absolute Gasteiger partial charge is 0.150 e. The van der Waals surface area contributed by atoms with Crippen LogP contribution < -0.4 is 0 Å². The summed E-state index contributed by atoms with van der Waals surface area (Å²) < 4.78 is 8.74. The van der Waals surface area contributed by atoms with Gasteiger partial charge in [-0.2, -0.15) is 0 Å². The SMILES string of the molecule is Brc1cc2c(oc3ccccc32)c(Br)c1Br. The van der Waals surface area contributed by atoms with Crippen molar-refractivity contribution in [2.24, 2.45) is 0 Å². The zero-order chi connectivity index (χ0) is 11.3. The molecular weight excluding hydrogens is 400 g/mol. The number of hydrogen-bond donors (Lipinski definition) is 0. The topological polar surface area (TPSA) is 13.1 Å². The van der Waals surface area contributed by atoms with Gasteiger partial charge in [0.25, 0.3) is 0 Å². The van der Waals surface area contributed by atoms with Gasteiger partial charge in [0.1, 0.15) is 5.58 Å². The minimum absolute atomic E-state index is 0.872. The van der Waals surface area contributed by atoms with Gasteiger partial charge in [-0.15, -0.1) is 0 Å². The first kappa shape index (κ1) is 10.8. The Morgan fingerprint density at radius 3 is 2.44 bits per heavy atom. The van der Waals surface area contributed by atoms with Crippen LogP contribution in [-0.4, -0.2) is 0 Å². The zero-order valence-electron chi connectivity index (χ0n) is 7.93. The maximum Gasteiger partial charge on any atom is 0.150 e. The van der Waals surface area contributed by atoms with Gasteiger partial charge in [-0.3, -0.25) is 0 Å². The summed E-state index contributed by atoms with van der Waals surface area (Å²) in [6.07, 6.45) is 0. The van der Waals surface area contributed by atoms with E-state index >= 15 is 0 Å². The van der Waals surface area contributed by atoms with Crippen LogP contribution >= 0.6 is 47.8 Å². The van der Waals surface area contributed by atoms with Crippen molar-refractivity contribution in [3.63, 3.8) is 0 Å². The monoisotopic (exact) mass is 402 g/mol. The van der Waals surface area contributed by atoms with Gasteiger partial charge in [-0.25, -0.2) is 0 Å². The molecule has 1 nitrogen and oxygen atoms in total. The number of para-hydroxylation sites is 1. The quantitative estimate of drug-likeness (QED) is 0.427. The van der Waals surface area contributed by atoms with E-state index in [2.05, 4.69) is 59.9 Å². The molecule has 0 saturated carbocycles. The molecule has 0 N–H and O–H groups in total. The average Bonchev–Trinajstić information content (AvgIpc) is 2.65. The Labute approximate surface area is 117 Å². The number of hydrogen-bond acceptors (Lipinski definition) is 1. The summed E-state index contributed by atoms with van der Waals surface area (Å²) in [6, 6.07) is 10.1. The Kier molecular flexibility index (Phi) is 2.61. The number of fused-ring (bicyclic) bond motifs is 3. The van der Waals surface area contributed by atoms with E-state index in [9.17, 15) is 0 Å². The lowest BCUT2D eigenvalue weighted by Crippen LogP contribution is -1.74. The van der Waals surface area contributed by atoms with Crippen LogP contribution in [0, 0.1) is 0 Å². The van der Waals surface area contributed by atoms with E-state index in [4.69, 9.17) is 4.42 Å². The van der Waals surface area contributed by atoms with Crippen LogP contribution in [0.3, 0.4) is 0 Å². The Morgan fingerprint density at radius 2 is 1.62 bits per heavy atom. The molecule has 0 aliphatic carbocycles. The minimum atomic E-state index is 0.872. The molecule has 0 aliphatic rings. The van der Waals surface area contributed by atoms with Crippen molar-refractivity contribution in [1.82, 2.24) is 0 Å². The third-order valence-electron chi connectivity index (χ3n) is 2.51. The van der Waals surface area contributed by atoms with Gasteiger partial charge in [0.05, 0.1) is 4.47 Å². The number of rotatable bonds is 0. The largest absolute Gasteiger partial charge is 0.455 e. The summed E-state index contributed by atoms with van der Waals surface area (Å²) in [5.74, 6) is 0. The molecule has 4 heteroatoms. The Bertz CT molecular complexity index is 700. The predicted molar refractivity (Wildman–Crippen MR) is 76.8 cm³/mol. The molecule has 0 bridgehead atoms. The molecule has 0 aliphatic heterocycles. The second kappa shape index (κ2) is 3.86. The van der Waals surface area contributed by atoms with Gasteiger partial charge < -0.3 is 4.42 Å². The van der Waals surface area contributed by atoms with Crippen molar-refractivity contribution in [1.29, 1.82) is 0 Å². The molecule has 3 rings (SSSR count). The molecule has 0 radical (unpaired) electrons. The zero-order valence-corrected chi connectivity index (χ0v) is 12.7. The molecule has 1 aromatic heterocycles. The molecule has 1 heterocycles. The minimum Gasteiger partial charge on any atom is -0.455 e. The van der Waals surface area contributed by atoms with Crippen LogP contribution in [0.25, 0.3) is 21.9 Å². The van der Waals surface area contributed by atoms with Crippen molar-refractivity contribution in [3.05, 3.63) is 43.7 Å². The van der Waals surface area contributed by atoms with Crippen LogP contribution in [0.2, 0.25) is 0 Å². The third kappa shape index (κ3) is 1.47. The summed E-state index contributed by atoms with van der Waals surface area (Å²) in [5, 5.41) is 2.24. The van der Waals surface area contributed by atoms with E-state index in [0.29, 0.717) is 0 Å². The molecule has 0 amide bonds. The Balaban J connectivity index is 2.60. The van der Waals surface area contributed by atoms with Gasteiger partial charge in [-0.05, 0) is 59.9 Å². The van der Waals surface area contributed by atoms with Gasteiger partial charge in [0, 0.05) is 19.7 Å². The first-order chi connectivity index (χ1) is 7.68. The molecule has 0 atom stereocenters. The first-order valence-corrected chi connectivity index (χ1v) is 7.01. The van der Waals surface area contributed by atoms with Crippen LogP contribution in [0.1, 0.15) is 0 Å². The fourth-order valence-electron chi connectivity index (χ4n) is 1.77. The highest BCUT2D eigenvalue weighted by atomic mass is 79.9. The van der Waals surface area contributed by atoms with Crippen molar-refractivity contribution in [2.45, 2.75) is 0 Å². The van der Waals surface area contributed by atoms with Gasteiger partial charge in [0.2, 0.25) is 0 Å². The van der Waals surface area contributed by atoms with Crippen molar-refractivity contribution >= 4 is 69.7 Å². The van der Waals surface area contributed by atoms with Crippen molar-refractivity contribution in [3.8, 4) is 0 Å². The molecule has 0 saturated heterocycles. The lowest BCUT2D eigenvalue weighted by Gasteiger charge is -1.99. The molecule has 0 fully saturated rings. The van der Waals surface area contributed by atoms with Crippen LogP contribution in [0.15, 0.2) is 48.2 Å².